The van der Waals surface area contributed by atoms with Gasteiger partial charge in [-0.3, -0.25) is 31.1 Å². The predicted molar refractivity (Wildman–Crippen MR) is 59.3 cm³/mol. The Bertz CT molecular complexity index is 346. The van der Waals surface area contributed by atoms with Gasteiger partial charge in [-0.1, -0.05) is 0 Å². The summed E-state index contributed by atoms with van der Waals surface area (Å²) < 4.78 is 27.3. The third-order valence-corrected chi connectivity index (χ3v) is 2.41. The molecule has 11 heteroatoms. The summed E-state index contributed by atoms with van der Waals surface area (Å²) in [5, 5.41) is 10.5. The molecule has 0 aliphatic carbocycles. The molecule has 1 heterocycles. The van der Waals surface area contributed by atoms with E-state index in [4.69, 9.17) is 21.3 Å². The number of alkyl halides is 1. The largest absolute Gasteiger partial charge is 0.383 e. The smallest absolute Gasteiger partial charge is 0.266 e. The van der Waals surface area contributed by atoms with Crippen LogP contribution in [0.15, 0.2) is 0 Å². The minimum absolute atomic E-state index is 0.0567. The number of hydrogen-bond donors (Lipinski definition) is 5. The first-order valence-electron chi connectivity index (χ1n) is 4.12. The number of hydrazine groups is 1. The van der Waals surface area contributed by atoms with Crippen LogP contribution in [0.5, 0.6) is 0 Å². The summed E-state index contributed by atoms with van der Waals surface area (Å²) in [6, 6.07) is 0. The number of hydrogen-bond acceptors (Lipinski definition) is 7. The lowest BCUT2D eigenvalue weighted by Gasteiger charge is -1.88. The molecule has 7 N–H and O–H groups in total. The average molecular weight is 292 g/mol. The Labute approximate surface area is 103 Å². The van der Waals surface area contributed by atoms with Crippen molar-refractivity contribution in [2.24, 2.45) is 11.7 Å². The second-order valence-electron chi connectivity index (χ2n) is 2.61. The second kappa shape index (κ2) is 9.27. The summed E-state index contributed by atoms with van der Waals surface area (Å²) in [5.74, 6) is 6.59. The van der Waals surface area contributed by atoms with Crippen LogP contribution < -0.4 is 17.0 Å². The van der Waals surface area contributed by atoms with Crippen molar-refractivity contribution in [3.8, 4) is 0 Å². The highest BCUT2D eigenvalue weighted by molar-refractivity contribution is 7.85. The molecular formula is C6H14ClN3O6S. The highest BCUT2D eigenvalue weighted by Crippen LogP contribution is 1.98. The molecule has 2 amide bonds. The van der Waals surface area contributed by atoms with Crippen molar-refractivity contribution in [1.29, 1.82) is 0 Å². The van der Waals surface area contributed by atoms with E-state index in [1.165, 1.54) is 0 Å². The molecule has 0 aromatic carbocycles. The lowest BCUT2D eigenvalue weighted by Crippen LogP contribution is -2.24. The highest BCUT2D eigenvalue weighted by atomic mass is 35.5. The van der Waals surface area contributed by atoms with Gasteiger partial charge in [0, 0.05) is 5.88 Å². The van der Waals surface area contributed by atoms with Crippen LogP contribution >= 0.6 is 11.6 Å². The maximum Gasteiger partial charge on any atom is 0.266 e. The molecule has 102 valence electrons. The fraction of sp³-hybridized carbons (Fsp3) is 0.667. The summed E-state index contributed by atoms with van der Waals surface area (Å²) in [6.45, 7) is 0. The van der Waals surface area contributed by atoms with Crippen LogP contribution in [-0.4, -0.2) is 47.6 Å². The summed E-state index contributed by atoms with van der Waals surface area (Å²) in [4.78, 5) is 20.4. The number of aliphatic hydroxyl groups excluding tert-OH is 1. The van der Waals surface area contributed by atoms with Crippen molar-refractivity contribution in [2.45, 2.75) is 12.5 Å². The summed E-state index contributed by atoms with van der Waals surface area (Å²) in [5.41, 5.74) is 0. The molecule has 1 fully saturated rings. The SMILES string of the molecule is NN.O=C1CC(O)C(=O)N1.O=S(=O)(O)CCCl. The number of halogens is 1. The number of nitrogens with one attached hydrogen (secondary N) is 1. The third kappa shape index (κ3) is 11.5. The van der Waals surface area contributed by atoms with E-state index in [0.29, 0.717) is 0 Å². The van der Waals surface area contributed by atoms with Crippen LogP contribution in [0.2, 0.25) is 0 Å². The van der Waals surface area contributed by atoms with Crippen LogP contribution in [0.4, 0.5) is 0 Å². The zero-order valence-electron chi connectivity index (χ0n) is 8.67. The maximum atomic E-state index is 10.2. The third-order valence-electron chi connectivity index (χ3n) is 1.28. The number of carbonyl (C=O) groups excluding carboxylic acids is 2. The number of imide groups is 1. The zero-order valence-corrected chi connectivity index (χ0v) is 10.2. The molecule has 0 radical (unpaired) electrons. The van der Waals surface area contributed by atoms with Crippen molar-refractivity contribution in [1.82, 2.24) is 5.32 Å². The van der Waals surface area contributed by atoms with Gasteiger partial charge >= 0.3 is 0 Å². The Kier molecular flexibility index (Phi) is 10.1. The van der Waals surface area contributed by atoms with Gasteiger partial charge in [-0.15, -0.1) is 11.6 Å². The molecule has 0 spiro atoms. The van der Waals surface area contributed by atoms with Gasteiger partial charge in [0.05, 0.1) is 12.2 Å². The fourth-order valence-electron chi connectivity index (χ4n) is 0.638. The summed E-state index contributed by atoms with van der Waals surface area (Å²) >= 11 is 4.95. The molecule has 1 aliphatic heterocycles. The molecule has 0 bridgehead atoms. The van der Waals surface area contributed by atoms with Gasteiger partial charge < -0.3 is 5.11 Å². The standard InChI is InChI=1S/C4H5NO3.C2H5ClO3S.H4N2/c6-2-1-3(7)5-4(2)8;3-1-2-7(4,5)6;1-2/h2,6H,1H2,(H,5,7,8);1-2H2,(H,4,5,6);1-2H2. The van der Waals surface area contributed by atoms with Gasteiger partial charge in [-0.25, -0.2) is 0 Å². The van der Waals surface area contributed by atoms with Gasteiger partial charge in [0.25, 0.3) is 16.0 Å². The molecule has 0 aromatic heterocycles. The lowest BCUT2D eigenvalue weighted by molar-refractivity contribution is -0.127. The molecular weight excluding hydrogens is 278 g/mol. The van der Waals surface area contributed by atoms with E-state index in [0.717, 1.165) is 0 Å². The number of amides is 2. The van der Waals surface area contributed by atoms with Gasteiger partial charge in [0.15, 0.2) is 0 Å². The van der Waals surface area contributed by atoms with Gasteiger partial charge in [0.1, 0.15) is 6.10 Å². The van der Waals surface area contributed by atoms with E-state index in [-0.39, 0.29) is 18.1 Å². The van der Waals surface area contributed by atoms with E-state index >= 15 is 0 Å². The molecule has 1 aliphatic rings. The molecule has 1 saturated heterocycles. The Morgan fingerprint density at radius 1 is 1.41 bits per heavy atom. The number of nitrogens with two attached hydrogens (primary N) is 2. The van der Waals surface area contributed by atoms with E-state index in [1.54, 1.807) is 0 Å². The quantitative estimate of drug-likeness (QED) is 0.120. The van der Waals surface area contributed by atoms with Crippen molar-refractivity contribution in [3.63, 3.8) is 0 Å². The molecule has 1 atom stereocenters. The van der Waals surface area contributed by atoms with Crippen LogP contribution in [0.25, 0.3) is 0 Å². The second-order valence-corrected chi connectivity index (χ2v) is 4.56. The topological polar surface area (TPSA) is 173 Å². The maximum absolute atomic E-state index is 10.2. The minimum Gasteiger partial charge on any atom is -0.383 e. The summed E-state index contributed by atoms with van der Waals surface area (Å²) in [6.07, 6.45) is -1.19. The van der Waals surface area contributed by atoms with E-state index in [9.17, 15) is 18.0 Å². The van der Waals surface area contributed by atoms with Gasteiger partial charge in [-0.2, -0.15) is 8.42 Å². The Hall–Kier alpha value is -0.780. The van der Waals surface area contributed by atoms with Crippen molar-refractivity contribution in [2.75, 3.05) is 11.6 Å². The van der Waals surface area contributed by atoms with Crippen LogP contribution in [0.1, 0.15) is 6.42 Å². The first-order chi connectivity index (χ1) is 7.76. The molecule has 1 unspecified atom stereocenters. The Morgan fingerprint density at radius 3 is 1.94 bits per heavy atom. The van der Waals surface area contributed by atoms with E-state index < -0.39 is 28.0 Å². The van der Waals surface area contributed by atoms with Crippen molar-refractivity contribution < 1.29 is 27.7 Å². The average Bonchev–Trinajstić information content (AvgIpc) is 2.46. The lowest BCUT2D eigenvalue weighted by atomic mass is 10.3. The monoisotopic (exact) mass is 291 g/mol. The van der Waals surface area contributed by atoms with Crippen molar-refractivity contribution >= 4 is 33.5 Å². The van der Waals surface area contributed by atoms with Crippen LogP contribution in [-0.2, 0) is 19.7 Å². The van der Waals surface area contributed by atoms with Gasteiger partial charge in [0.2, 0.25) is 5.91 Å². The minimum atomic E-state index is -3.81. The summed E-state index contributed by atoms with van der Waals surface area (Å²) in [7, 11) is -3.81. The van der Waals surface area contributed by atoms with E-state index in [2.05, 4.69) is 11.7 Å². The van der Waals surface area contributed by atoms with Gasteiger partial charge in [-0.05, 0) is 0 Å². The first-order valence-corrected chi connectivity index (χ1v) is 6.27. The normalized spacial score (nSPS) is 18.5. The number of aliphatic hydroxyl groups is 1. The predicted octanol–water partition coefficient (Wildman–Crippen LogP) is -2.67. The molecule has 0 saturated carbocycles. The molecule has 17 heavy (non-hydrogen) atoms. The number of rotatable bonds is 2. The fourth-order valence-corrected chi connectivity index (χ4v) is 1.42. The van der Waals surface area contributed by atoms with Crippen molar-refractivity contribution in [3.05, 3.63) is 0 Å². The molecule has 1 rings (SSSR count). The zero-order chi connectivity index (χ0) is 14.1. The first kappa shape index (κ1) is 18.6. The molecule has 9 nitrogen and oxygen atoms in total. The Balaban J connectivity index is 0. The molecule has 0 aromatic rings. The highest BCUT2D eigenvalue weighted by Gasteiger charge is 2.27. The number of carbonyl (C=O) groups is 2. The van der Waals surface area contributed by atoms with Crippen LogP contribution in [0.3, 0.4) is 0 Å². The van der Waals surface area contributed by atoms with E-state index in [1.807, 2.05) is 5.32 Å². The van der Waals surface area contributed by atoms with Crippen LogP contribution in [0, 0.1) is 0 Å². The Morgan fingerprint density at radius 2 is 1.88 bits per heavy atom.